The third-order valence-electron chi connectivity index (χ3n) is 2.98. The quantitative estimate of drug-likeness (QED) is 0.857. The van der Waals surface area contributed by atoms with Gasteiger partial charge in [-0.15, -0.1) is 11.3 Å². The minimum absolute atomic E-state index is 0.0840. The van der Waals surface area contributed by atoms with Crippen molar-refractivity contribution in [2.75, 3.05) is 5.32 Å². The summed E-state index contributed by atoms with van der Waals surface area (Å²) in [6.45, 7) is 3.78. The number of benzene rings is 1. The Morgan fingerprint density at radius 3 is 2.65 bits per heavy atom. The summed E-state index contributed by atoms with van der Waals surface area (Å²) in [4.78, 5) is 1.32. The summed E-state index contributed by atoms with van der Waals surface area (Å²) >= 11 is 5.07. The van der Waals surface area contributed by atoms with E-state index < -0.39 is 10.0 Å². The number of halogens is 1. The Labute approximate surface area is 131 Å². The predicted octanol–water partition coefficient (Wildman–Crippen LogP) is 3.64. The van der Waals surface area contributed by atoms with Crippen LogP contribution in [0, 0.1) is 6.92 Å². The van der Waals surface area contributed by atoms with E-state index in [9.17, 15) is 8.42 Å². The summed E-state index contributed by atoms with van der Waals surface area (Å²) in [5.74, 6) is 0. The smallest absolute Gasteiger partial charge is 0.238 e. The summed E-state index contributed by atoms with van der Waals surface area (Å²) in [6.07, 6.45) is 0. The second kappa shape index (κ2) is 5.85. The van der Waals surface area contributed by atoms with E-state index in [2.05, 4.69) is 21.2 Å². The molecule has 0 saturated carbocycles. The molecule has 20 heavy (non-hydrogen) atoms. The summed E-state index contributed by atoms with van der Waals surface area (Å²) < 4.78 is 24.1. The molecule has 3 N–H and O–H groups in total. The Morgan fingerprint density at radius 2 is 2.10 bits per heavy atom. The van der Waals surface area contributed by atoms with E-state index in [1.165, 1.54) is 6.07 Å². The molecule has 0 aliphatic carbocycles. The molecule has 7 heteroatoms. The van der Waals surface area contributed by atoms with Gasteiger partial charge in [-0.1, -0.05) is 6.07 Å². The van der Waals surface area contributed by atoms with E-state index in [1.807, 2.05) is 24.4 Å². The molecule has 0 aliphatic heterocycles. The highest BCUT2D eigenvalue weighted by Gasteiger charge is 2.15. The van der Waals surface area contributed by atoms with Gasteiger partial charge in [-0.2, -0.15) is 0 Å². The zero-order valence-corrected chi connectivity index (χ0v) is 14.3. The van der Waals surface area contributed by atoms with Crippen LogP contribution in [0.15, 0.2) is 39.0 Å². The van der Waals surface area contributed by atoms with Crippen molar-refractivity contribution in [3.05, 3.63) is 44.6 Å². The second-order valence-electron chi connectivity index (χ2n) is 4.51. The molecule has 0 saturated heterocycles. The first-order valence-corrected chi connectivity index (χ1v) is 9.14. The van der Waals surface area contributed by atoms with Crippen LogP contribution in [0.2, 0.25) is 0 Å². The monoisotopic (exact) mass is 374 g/mol. The maximum absolute atomic E-state index is 11.5. The van der Waals surface area contributed by atoms with Gasteiger partial charge in [-0.25, -0.2) is 13.6 Å². The zero-order chi connectivity index (χ0) is 14.9. The first-order chi connectivity index (χ1) is 9.29. The van der Waals surface area contributed by atoms with E-state index in [0.717, 1.165) is 15.0 Å². The number of sulfonamides is 1. The molecule has 1 heterocycles. The summed E-state index contributed by atoms with van der Waals surface area (Å²) in [5.41, 5.74) is 1.41. The molecule has 2 rings (SSSR count). The number of thiophene rings is 1. The summed E-state index contributed by atoms with van der Waals surface area (Å²) in [6, 6.07) is 7.18. The maximum Gasteiger partial charge on any atom is 0.238 e. The SMILES string of the molecule is Cc1c(NC(C)c2cc(Br)cs2)cccc1S(N)(=O)=O. The van der Waals surface area contributed by atoms with Crippen molar-refractivity contribution in [2.24, 2.45) is 5.14 Å². The molecule has 0 fully saturated rings. The van der Waals surface area contributed by atoms with Crippen molar-refractivity contribution in [3.63, 3.8) is 0 Å². The van der Waals surface area contributed by atoms with Crippen LogP contribution in [-0.4, -0.2) is 8.42 Å². The summed E-state index contributed by atoms with van der Waals surface area (Å²) in [5, 5.41) is 10.5. The number of nitrogens with one attached hydrogen (secondary N) is 1. The number of hydrogen-bond donors (Lipinski definition) is 2. The van der Waals surface area contributed by atoms with Gasteiger partial charge in [0.2, 0.25) is 10.0 Å². The largest absolute Gasteiger partial charge is 0.377 e. The van der Waals surface area contributed by atoms with Gasteiger partial charge in [0.1, 0.15) is 0 Å². The van der Waals surface area contributed by atoms with Crippen molar-refractivity contribution < 1.29 is 8.42 Å². The van der Waals surface area contributed by atoms with Crippen LogP contribution in [0.25, 0.3) is 0 Å². The number of nitrogens with two attached hydrogens (primary N) is 1. The second-order valence-corrected chi connectivity index (χ2v) is 7.90. The minimum Gasteiger partial charge on any atom is -0.377 e. The lowest BCUT2D eigenvalue weighted by atomic mass is 10.1. The summed E-state index contributed by atoms with van der Waals surface area (Å²) in [7, 11) is -3.70. The van der Waals surface area contributed by atoms with Crippen molar-refractivity contribution in [1.29, 1.82) is 0 Å². The Kier molecular flexibility index (Phi) is 4.53. The molecular formula is C13H15BrN2O2S2. The highest BCUT2D eigenvalue weighted by molar-refractivity contribution is 9.10. The lowest BCUT2D eigenvalue weighted by Gasteiger charge is -2.17. The highest BCUT2D eigenvalue weighted by atomic mass is 79.9. The molecule has 0 amide bonds. The fraction of sp³-hybridized carbons (Fsp3) is 0.231. The van der Waals surface area contributed by atoms with Gasteiger partial charge in [-0.05, 0) is 53.5 Å². The lowest BCUT2D eigenvalue weighted by Crippen LogP contribution is -2.15. The Morgan fingerprint density at radius 1 is 1.40 bits per heavy atom. The average Bonchev–Trinajstić information content (AvgIpc) is 2.77. The van der Waals surface area contributed by atoms with Gasteiger partial charge in [-0.3, -0.25) is 0 Å². The fourth-order valence-electron chi connectivity index (χ4n) is 1.94. The molecule has 0 bridgehead atoms. The average molecular weight is 375 g/mol. The van der Waals surface area contributed by atoms with Crippen molar-refractivity contribution in [3.8, 4) is 0 Å². The van der Waals surface area contributed by atoms with Crippen LogP contribution >= 0.6 is 27.3 Å². The molecule has 4 nitrogen and oxygen atoms in total. The third-order valence-corrected chi connectivity index (χ3v) is 5.91. The van der Waals surface area contributed by atoms with Crippen molar-refractivity contribution >= 4 is 43.0 Å². The Bertz CT molecular complexity index is 726. The molecule has 0 spiro atoms. The maximum atomic E-state index is 11.5. The molecule has 0 radical (unpaired) electrons. The molecule has 1 atom stereocenters. The molecular weight excluding hydrogens is 360 g/mol. The van der Waals surface area contributed by atoms with Gasteiger partial charge in [0.05, 0.1) is 10.9 Å². The molecule has 1 aromatic carbocycles. The number of primary sulfonamides is 1. The fourth-order valence-corrected chi connectivity index (χ4v) is 4.20. The first-order valence-electron chi connectivity index (χ1n) is 5.92. The van der Waals surface area contributed by atoms with Crippen LogP contribution in [0.3, 0.4) is 0 Å². The van der Waals surface area contributed by atoms with Gasteiger partial charge >= 0.3 is 0 Å². The predicted molar refractivity (Wildman–Crippen MR) is 86.6 cm³/mol. The molecule has 2 aromatic rings. The lowest BCUT2D eigenvalue weighted by molar-refractivity contribution is 0.597. The standard InChI is InChI=1S/C13H15BrN2O2S2/c1-8-11(4-3-5-13(8)20(15,17)18)16-9(2)12-6-10(14)7-19-12/h3-7,9,16H,1-2H3,(H2,15,17,18). The molecule has 0 aliphatic rings. The third kappa shape index (κ3) is 3.41. The Balaban J connectivity index is 2.31. The zero-order valence-electron chi connectivity index (χ0n) is 11.1. The van der Waals surface area contributed by atoms with Crippen LogP contribution in [-0.2, 0) is 10.0 Å². The van der Waals surface area contributed by atoms with Crippen LogP contribution in [0.4, 0.5) is 5.69 Å². The minimum atomic E-state index is -3.70. The number of anilines is 1. The Hall–Kier alpha value is -0.890. The van der Waals surface area contributed by atoms with E-state index in [1.54, 1.807) is 24.3 Å². The van der Waals surface area contributed by atoms with Crippen LogP contribution in [0.5, 0.6) is 0 Å². The molecule has 1 aromatic heterocycles. The van der Waals surface area contributed by atoms with Gasteiger partial charge in [0.25, 0.3) is 0 Å². The number of hydrogen-bond acceptors (Lipinski definition) is 4. The van der Waals surface area contributed by atoms with Gasteiger partial charge in [0.15, 0.2) is 0 Å². The van der Waals surface area contributed by atoms with Gasteiger partial charge in [0, 0.05) is 20.4 Å². The highest BCUT2D eigenvalue weighted by Crippen LogP contribution is 2.30. The van der Waals surface area contributed by atoms with Crippen LogP contribution < -0.4 is 10.5 Å². The molecule has 108 valence electrons. The first kappa shape index (κ1) is 15.5. The van der Waals surface area contributed by atoms with E-state index in [-0.39, 0.29) is 10.9 Å². The van der Waals surface area contributed by atoms with Crippen molar-refractivity contribution in [2.45, 2.75) is 24.8 Å². The van der Waals surface area contributed by atoms with Crippen molar-refractivity contribution in [1.82, 2.24) is 0 Å². The normalized spacial score (nSPS) is 13.2. The number of rotatable bonds is 4. The van der Waals surface area contributed by atoms with E-state index >= 15 is 0 Å². The van der Waals surface area contributed by atoms with Crippen LogP contribution in [0.1, 0.15) is 23.4 Å². The topological polar surface area (TPSA) is 72.2 Å². The van der Waals surface area contributed by atoms with E-state index in [0.29, 0.717) is 5.56 Å². The van der Waals surface area contributed by atoms with Gasteiger partial charge < -0.3 is 5.32 Å². The molecule has 1 unspecified atom stereocenters. The van der Waals surface area contributed by atoms with E-state index in [4.69, 9.17) is 5.14 Å².